The van der Waals surface area contributed by atoms with Crippen LogP contribution in [0.1, 0.15) is 65.1 Å². The molecule has 0 fully saturated rings. The van der Waals surface area contributed by atoms with Crippen LogP contribution in [0.15, 0.2) is 83.4 Å². The van der Waals surface area contributed by atoms with E-state index in [2.05, 4.69) is 35.5 Å². The van der Waals surface area contributed by atoms with Gasteiger partial charge in [-0.1, -0.05) is 78.0 Å². The maximum absolute atomic E-state index is 11.5. The van der Waals surface area contributed by atoms with Crippen molar-refractivity contribution in [3.05, 3.63) is 113 Å². The highest BCUT2D eigenvalue weighted by Gasteiger charge is 2.25. The van der Waals surface area contributed by atoms with E-state index in [1.807, 2.05) is 48.5 Å². The van der Waals surface area contributed by atoms with Gasteiger partial charge in [-0.3, -0.25) is 0 Å². The summed E-state index contributed by atoms with van der Waals surface area (Å²) in [6.07, 6.45) is 4.75. The van der Waals surface area contributed by atoms with Crippen molar-refractivity contribution in [1.29, 1.82) is 0 Å². The second-order valence-corrected chi connectivity index (χ2v) is 9.12. The van der Waals surface area contributed by atoms with Crippen LogP contribution in [0, 0.1) is 0 Å². The molecule has 0 aliphatic heterocycles. The fourth-order valence-electron chi connectivity index (χ4n) is 5.11. The first-order valence-electron chi connectivity index (χ1n) is 12.5. The van der Waals surface area contributed by atoms with Crippen molar-refractivity contribution in [2.75, 3.05) is 13.7 Å². The van der Waals surface area contributed by atoms with E-state index in [-0.39, 0.29) is 18.5 Å². The van der Waals surface area contributed by atoms with Crippen LogP contribution >= 0.6 is 0 Å². The number of carbonyl (C=O) groups excluding carboxylic acids is 1. The normalized spacial score (nSPS) is 14.9. The summed E-state index contributed by atoms with van der Waals surface area (Å²) in [5, 5.41) is 4.39. The van der Waals surface area contributed by atoms with Crippen LogP contribution in [-0.2, 0) is 22.4 Å². The highest BCUT2D eigenvalue weighted by molar-refractivity contribution is 5.71. The van der Waals surface area contributed by atoms with Gasteiger partial charge in [0.2, 0.25) is 5.89 Å². The molecule has 1 heterocycles. The highest BCUT2D eigenvalue weighted by Crippen LogP contribution is 2.39. The number of carbonyl (C=O) groups is 1. The number of ether oxygens (including phenoxy) is 2. The van der Waals surface area contributed by atoms with Crippen molar-refractivity contribution < 1.29 is 18.8 Å². The van der Waals surface area contributed by atoms with Crippen molar-refractivity contribution >= 4 is 5.97 Å². The van der Waals surface area contributed by atoms with E-state index in [4.69, 9.17) is 19.0 Å². The van der Waals surface area contributed by atoms with Gasteiger partial charge >= 0.3 is 5.97 Å². The number of hydrogen-bond acceptors (Lipinski definition) is 6. The molecule has 0 N–H and O–H groups in total. The number of fused-ring (bicyclic) bond motifs is 1. The number of aryl methyl sites for hydroxylation is 1. The van der Waals surface area contributed by atoms with Crippen LogP contribution in [0.25, 0.3) is 0 Å². The predicted octanol–water partition coefficient (Wildman–Crippen LogP) is 5.85. The molecule has 5 rings (SSSR count). The minimum absolute atomic E-state index is 0.0742. The molecule has 4 aromatic rings. The third-order valence-corrected chi connectivity index (χ3v) is 6.88. The van der Waals surface area contributed by atoms with Gasteiger partial charge < -0.3 is 14.0 Å². The van der Waals surface area contributed by atoms with Crippen LogP contribution in [0.5, 0.6) is 5.75 Å². The van der Waals surface area contributed by atoms with Gasteiger partial charge in [0.1, 0.15) is 5.75 Å². The van der Waals surface area contributed by atoms with Gasteiger partial charge in [0.05, 0.1) is 13.0 Å². The van der Waals surface area contributed by atoms with E-state index in [1.165, 1.54) is 18.2 Å². The first-order valence-corrected chi connectivity index (χ1v) is 12.5. The monoisotopic (exact) mass is 482 g/mol. The fraction of sp³-hybridized carbons (Fsp3) is 0.300. The summed E-state index contributed by atoms with van der Waals surface area (Å²) >= 11 is 0. The lowest BCUT2D eigenvalue weighted by molar-refractivity contribution is -0.142. The van der Waals surface area contributed by atoms with Gasteiger partial charge in [0.25, 0.3) is 0 Å². The number of aromatic nitrogens is 2. The molecule has 0 spiro atoms. The number of benzene rings is 3. The van der Waals surface area contributed by atoms with E-state index in [9.17, 15) is 4.79 Å². The Balaban J connectivity index is 1.32. The number of hydrogen-bond donors (Lipinski definition) is 0. The van der Waals surface area contributed by atoms with Crippen molar-refractivity contribution in [1.82, 2.24) is 10.1 Å². The average molecular weight is 483 g/mol. The molecule has 1 unspecified atom stereocenters. The van der Waals surface area contributed by atoms with Gasteiger partial charge in [0.15, 0.2) is 12.4 Å². The van der Waals surface area contributed by atoms with Crippen LogP contribution in [0.2, 0.25) is 0 Å². The summed E-state index contributed by atoms with van der Waals surface area (Å²) < 4.78 is 16.2. The zero-order valence-electron chi connectivity index (χ0n) is 20.4. The first kappa shape index (κ1) is 23.8. The lowest BCUT2D eigenvalue weighted by atomic mass is 9.80. The number of esters is 1. The van der Waals surface area contributed by atoms with E-state index in [0.717, 1.165) is 42.6 Å². The second kappa shape index (κ2) is 11.2. The number of methoxy groups -OCH3 is 1. The Morgan fingerprint density at radius 1 is 1.00 bits per heavy atom. The minimum Gasteiger partial charge on any atom is -0.482 e. The fourth-order valence-corrected chi connectivity index (χ4v) is 5.11. The summed E-state index contributed by atoms with van der Waals surface area (Å²) in [5.41, 5.74) is 4.75. The van der Waals surface area contributed by atoms with Crippen molar-refractivity contribution in [2.45, 2.75) is 43.9 Å². The Morgan fingerprint density at radius 3 is 2.42 bits per heavy atom. The zero-order valence-corrected chi connectivity index (χ0v) is 20.4. The Morgan fingerprint density at radius 2 is 1.72 bits per heavy atom. The zero-order chi connectivity index (χ0) is 24.7. The van der Waals surface area contributed by atoms with E-state index >= 15 is 0 Å². The number of rotatable bonds is 9. The molecule has 1 aromatic heterocycles. The molecular weight excluding hydrogens is 452 g/mol. The third kappa shape index (κ3) is 5.33. The molecule has 1 aliphatic carbocycles. The maximum Gasteiger partial charge on any atom is 0.343 e. The standard InChI is InChI=1S/C30H30N2O4/c1-34-28(33)20-35-26-17-9-15-24-21(14-8-16-25(24)26)18-19-27-31-30(32-36-27)29(22-10-4-2-5-11-22)23-12-6-3-7-13-23/h2-7,9-13,15,17,21,29H,8,14,16,18-20H2,1H3. The Hall–Kier alpha value is -3.93. The van der Waals surface area contributed by atoms with Gasteiger partial charge in [-0.25, -0.2) is 4.79 Å². The summed E-state index contributed by atoms with van der Waals surface area (Å²) in [6.45, 7) is -0.0770. The highest BCUT2D eigenvalue weighted by atomic mass is 16.6. The molecule has 3 aromatic carbocycles. The van der Waals surface area contributed by atoms with Crippen LogP contribution in [-0.4, -0.2) is 29.8 Å². The van der Waals surface area contributed by atoms with Crippen molar-refractivity contribution in [3.63, 3.8) is 0 Å². The molecule has 0 bridgehead atoms. The third-order valence-electron chi connectivity index (χ3n) is 6.88. The lowest BCUT2D eigenvalue weighted by Gasteiger charge is -2.26. The molecule has 0 saturated heterocycles. The summed E-state index contributed by atoms with van der Waals surface area (Å²) in [6, 6.07) is 26.7. The van der Waals surface area contributed by atoms with Crippen LogP contribution < -0.4 is 4.74 Å². The summed E-state index contributed by atoms with van der Waals surface area (Å²) in [4.78, 5) is 16.4. The topological polar surface area (TPSA) is 74.5 Å². The van der Waals surface area contributed by atoms with Gasteiger partial charge in [-0.2, -0.15) is 4.98 Å². The molecule has 0 saturated carbocycles. The molecule has 1 aliphatic rings. The van der Waals surface area contributed by atoms with Crippen LogP contribution in [0.4, 0.5) is 0 Å². The molecule has 36 heavy (non-hydrogen) atoms. The molecule has 0 radical (unpaired) electrons. The van der Waals surface area contributed by atoms with Crippen molar-refractivity contribution in [3.8, 4) is 5.75 Å². The largest absolute Gasteiger partial charge is 0.482 e. The maximum atomic E-state index is 11.5. The number of nitrogens with zero attached hydrogens (tertiary/aromatic N) is 2. The molecule has 0 amide bonds. The second-order valence-electron chi connectivity index (χ2n) is 9.12. The van der Waals surface area contributed by atoms with E-state index in [0.29, 0.717) is 24.1 Å². The van der Waals surface area contributed by atoms with Crippen molar-refractivity contribution in [2.24, 2.45) is 0 Å². The van der Waals surface area contributed by atoms with Gasteiger partial charge in [-0.15, -0.1) is 0 Å². The quantitative estimate of drug-likeness (QED) is 0.279. The summed E-state index contributed by atoms with van der Waals surface area (Å²) in [5.74, 6) is 2.05. The van der Waals surface area contributed by atoms with E-state index < -0.39 is 0 Å². The molecular formula is C30H30N2O4. The van der Waals surface area contributed by atoms with Crippen LogP contribution in [0.3, 0.4) is 0 Å². The molecule has 6 nitrogen and oxygen atoms in total. The van der Waals surface area contributed by atoms with Gasteiger partial charge in [-0.05, 0) is 59.9 Å². The van der Waals surface area contributed by atoms with Gasteiger partial charge in [0, 0.05) is 6.42 Å². The SMILES string of the molecule is COC(=O)COc1cccc2c1CCCC2CCc1nc(C(c2ccccc2)c2ccccc2)no1. The lowest BCUT2D eigenvalue weighted by Crippen LogP contribution is -2.16. The Kier molecular flexibility index (Phi) is 7.41. The summed E-state index contributed by atoms with van der Waals surface area (Å²) in [7, 11) is 1.37. The molecule has 6 heteroatoms. The Labute approximate surface area is 211 Å². The van der Waals surface area contributed by atoms with E-state index in [1.54, 1.807) is 0 Å². The Bertz CT molecular complexity index is 1250. The molecule has 1 atom stereocenters. The smallest absolute Gasteiger partial charge is 0.343 e. The minimum atomic E-state index is -0.378. The molecule has 184 valence electrons. The first-order chi connectivity index (χ1) is 17.7. The predicted molar refractivity (Wildman–Crippen MR) is 136 cm³/mol. The average Bonchev–Trinajstić information content (AvgIpc) is 3.40.